The van der Waals surface area contributed by atoms with Gasteiger partial charge in [0.2, 0.25) is 0 Å². The van der Waals surface area contributed by atoms with Gasteiger partial charge in [-0.1, -0.05) is 19.3 Å². The first kappa shape index (κ1) is 19.2. The molecule has 0 bridgehead atoms. The summed E-state index contributed by atoms with van der Waals surface area (Å²) >= 11 is 0. The number of imide groups is 1. The number of aryl methyl sites for hydroxylation is 2. The van der Waals surface area contributed by atoms with Gasteiger partial charge < -0.3 is 14.5 Å². The van der Waals surface area contributed by atoms with Crippen LogP contribution in [0.25, 0.3) is 11.0 Å². The SMILES string of the molecule is Cc1cc(=O)oc2c(C)c(OC(=O)CN3C(=O)NC4(CCCCC4)C3=O)ccc12. The molecule has 1 aromatic carbocycles. The number of benzene rings is 1. The highest BCUT2D eigenvalue weighted by Gasteiger charge is 2.51. The standard InChI is InChI=1S/C21H22N2O6/c1-12-10-16(24)29-18-13(2)15(7-6-14(12)18)28-17(25)11-23-19(26)21(22-20(23)27)8-4-3-5-9-21/h6-7,10H,3-5,8-9,11H2,1-2H3,(H,22,27). The minimum absolute atomic E-state index is 0.218. The van der Waals surface area contributed by atoms with E-state index in [0.717, 1.165) is 35.1 Å². The molecule has 1 aliphatic carbocycles. The third kappa shape index (κ3) is 3.28. The van der Waals surface area contributed by atoms with Gasteiger partial charge in [-0.05, 0) is 44.4 Å². The van der Waals surface area contributed by atoms with Gasteiger partial charge in [0.25, 0.3) is 5.91 Å². The second kappa shape index (κ2) is 7.02. The monoisotopic (exact) mass is 398 g/mol. The summed E-state index contributed by atoms with van der Waals surface area (Å²) in [5.41, 5.74) is 0.233. The Balaban J connectivity index is 1.53. The predicted molar refractivity (Wildman–Crippen MR) is 104 cm³/mol. The summed E-state index contributed by atoms with van der Waals surface area (Å²) in [5, 5.41) is 3.51. The van der Waals surface area contributed by atoms with Crippen LogP contribution in [0, 0.1) is 13.8 Å². The number of nitrogens with zero attached hydrogens (tertiary/aromatic N) is 1. The number of esters is 1. The summed E-state index contributed by atoms with van der Waals surface area (Å²) < 4.78 is 10.7. The van der Waals surface area contributed by atoms with Crippen molar-refractivity contribution < 1.29 is 23.5 Å². The molecule has 152 valence electrons. The minimum atomic E-state index is -0.880. The number of urea groups is 1. The molecule has 1 saturated carbocycles. The summed E-state index contributed by atoms with van der Waals surface area (Å²) in [6.45, 7) is 3.00. The van der Waals surface area contributed by atoms with E-state index in [4.69, 9.17) is 9.15 Å². The van der Waals surface area contributed by atoms with Gasteiger partial charge in [0.15, 0.2) is 0 Å². The third-order valence-corrected chi connectivity index (χ3v) is 5.78. The molecule has 2 aliphatic rings. The fourth-order valence-corrected chi connectivity index (χ4v) is 4.21. The number of fused-ring (bicyclic) bond motifs is 1. The molecule has 1 aromatic heterocycles. The molecule has 2 heterocycles. The number of hydrogen-bond donors (Lipinski definition) is 1. The predicted octanol–water partition coefficient (Wildman–Crippen LogP) is 2.57. The van der Waals surface area contributed by atoms with Crippen LogP contribution in [0.4, 0.5) is 4.79 Å². The molecule has 0 atom stereocenters. The Morgan fingerprint density at radius 3 is 2.62 bits per heavy atom. The molecule has 8 heteroatoms. The largest absolute Gasteiger partial charge is 0.425 e. The molecule has 2 aromatic rings. The van der Waals surface area contributed by atoms with Crippen LogP contribution in [0.2, 0.25) is 0 Å². The molecule has 1 spiro atoms. The smallest absolute Gasteiger partial charge is 0.336 e. The lowest BCUT2D eigenvalue weighted by atomic mass is 9.82. The molecule has 2 fully saturated rings. The topological polar surface area (TPSA) is 106 Å². The van der Waals surface area contributed by atoms with Gasteiger partial charge in [-0.3, -0.25) is 9.69 Å². The maximum absolute atomic E-state index is 12.8. The summed E-state index contributed by atoms with van der Waals surface area (Å²) in [6, 6.07) is 4.14. The maximum atomic E-state index is 12.8. The van der Waals surface area contributed by atoms with Crippen LogP contribution in [0.3, 0.4) is 0 Å². The first-order valence-electron chi connectivity index (χ1n) is 9.70. The summed E-state index contributed by atoms with van der Waals surface area (Å²) in [4.78, 5) is 50.1. The first-order chi connectivity index (χ1) is 13.8. The number of carbonyl (C=O) groups is 3. The normalized spacial score (nSPS) is 18.3. The Kier molecular flexibility index (Phi) is 4.64. The Labute approximate surface area is 166 Å². The highest BCUT2D eigenvalue weighted by Crippen LogP contribution is 2.34. The van der Waals surface area contributed by atoms with Crippen LogP contribution in [0.5, 0.6) is 5.75 Å². The molecule has 29 heavy (non-hydrogen) atoms. The number of nitrogens with one attached hydrogen (secondary N) is 1. The quantitative estimate of drug-likeness (QED) is 0.369. The number of ether oxygens (including phenoxy) is 1. The molecule has 1 saturated heterocycles. The molecular formula is C21H22N2O6. The second-order valence-electron chi connectivity index (χ2n) is 7.75. The van der Waals surface area contributed by atoms with Gasteiger partial charge in [0.05, 0.1) is 0 Å². The van der Waals surface area contributed by atoms with Crippen molar-refractivity contribution in [3.63, 3.8) is 0 Å². The van der Waals surface area contributed by atoms with Crippen LogP contribution < -0.4 is 15.7 Å². The highest BCUT2D eigenvalue weighted by atomic mass is 16.5. The number of hydrogen-bond acceptors (Lipinski definition) is 6. The summed E-state index contributed by atoms with van der Waals surface area (Å²) in [6.07, 6.45) is 3.94. The van der Waals surface area contributed by atoms with E-state index in [2.05, 4.69) is 5.32 Å². The van der Waals surface area contributed by atoms with Crippen LogP contribution in [-0.2, 0) is 9.59 Å². The molecule has 1 N–H and O–H groups in total. The molecule has 0 radical (unpaired) electrons. The molecule has 3 amide bonds. The van der Waals surface area contributed by atoms with Crippen molar-refractivity contribution in [3.8, 4) is 5.75 Å². The van der Waals surface area contributed by atoms with E-state index in [-0.39, 0.29) is 11.7 Å². The molecule has 8 nitrogen and oxygen atoms in total. The van der Waals surface area contributed by atoms with Crippen molar-refractivity contribution in [2.45, 2.75) is 51.5 Å². The van der Waals surface area contributed by atoms with E-state index in [9.17, 15) is 19.2 Å². The van der Waals surface area contributed by atoms with Crippen LogP contribution in [0.1, 0.15) is 43.2 Å². The van der Waals surface area contributed by atoms with Crippen molar-refractivity contribution in [2.24, 2.45) is 0 Å². The van der Waals surface area contributed by atoms with E-state index in [1.807, 2.05) is 0 Å². The van der Waals surface area contributed by atoms with Crippen molar-refractivity contribution >= 4 is 28.9 Å². The lowest BCUT2D eigenvalue weighted by Gasteiger charge is -2.30. The van der Waals surface area contributed by atoms with E-state index in [1.165, 1.54) is 6.07 Å². The van der Waals surface area contributed by atoms with Crippen molar-refractivity contribution in [3.05, 3.63) is 39.7 Å². The van der Waals surface area contributed by atoms with Crippen molar-refractivity contribution in [1.82, 2.24) is 10.2 Å². The second-order valence-corrected chi connectivity index (χ2v) is 7.75. The van der Waals surface area contributed by atoms with Crippen molar-refractivity contribution in [1.29, 1.82) is 0 Å². The van der Waals surface area contributed by atoms with Crippen molar-refractivity contribution in [2.75, 3.05) is 6.54 Å². The number of carbonyl (C=O) groups excluding carboxylic acids is 3. The Bertz CT molecular complexity index is 1080. The van der Waals surface area contributed by atoms with Gasteiger partial charge in [-0.15, -0.1) is 0 Å². The van der Waals surface area contributed by atoms with Gasteiger partial charge in [0, 0.05) is 17.0 Å². The number of amides is 3. The zero-order valence-electron chi connectivity index (χ0n) is 16.4. The lowest BCUT2D eigenvalue weighted by molar-refractivity contribution is -0.141. The third-order valence-electron chi connectivity index (χ3n) is 5.78. The van der Waals surface area contributed by atoms with E-state index < -0.39 is 29.7 Å². The average molecular weight is 398 g/mol. The van der Waals surface area contributed by atoms with E-state index in [1.54, 1.807) is 26.0 Å². The highest BCUT2D eigenvalue weighted by molar-refractivity contribution is 6.08. The zero-order chi connectivity index (χ0) is 20.8. The lowest BCUT2D eigenvalue weighted by Crippen LogP contribution is -2.48. The molecule has 0 unspecified atom stereocenters. The molecule has 1 aliphatic heterocycles. The van der Waals surface area contributed by atoms with Gasteiger partial charge >= 0.3 is 17.6 Å². The van der Waals surface area contributed by atoms with E-state index >= 15 is 0 Å². The fourth-order valence-electron chi connectivity index (χ4n) is 4.21. The van der Waals surface area contributed by atoms with Crippen LogP contribution in [-0.4, -0.2) is 34.9 Å². The van der Waals surface area contributed by atoms with Gasteiger partial charge in [0.1, 0.15) is 23.4 Å². The van der Waals surface area contributed by atoms with Gasteiger partial charge in [-0.2, -0.15) is 0 Å². The Morgan fingerprint density at radius 2 is 1.90 bits per heavy atom. The molecular weight excluding hydrogens is 376 g/mol. The van der Waals surface area contributed by atoms with Crippen LogP contribution >= 0.6 is 0 Å². The fraction of sp³-hybridized carbons (Fsp3) is 0.429. The van der Waals surface area contributed by atoms with E-state index in [0.29, 0.717) is 24.0 Å². The minimum Gasteiger partial charge on any atom is -0.425 e. The van der Waals surface area contributed by atoms with Gasteiger partial charge in [-0.25, -0.2) is 14.4 Å². The maximum Gasteiger partial charge on any atom is 0.336 e. The number of rotatable bonds is 3. The molecule has 4 rings (SSSR count). The summed E-state index contributed by atoms with van der Waals surface area (Å²) in [5.74, 6) is -0.884. The van der Waals surface area contributed by atoms with Crippen LogP contribution in [0.15, 0.2) is 27.4 Å². The zero-order valence-corrected chi connectivity index (χ0v) is 16.4. The summed E-state index contributed by atoms with van der Waals surface area (Å²) in [7, 11) is 0. The Morgan fingerprint density at radius 1 is 1.17 bits per heavy atom. The first-order valence-corrected chi connectivity index (χ1v) is 9.70. The Hall–Kier alpha value is -3.16. The average Bonchev–Trinajstić information content (AvgIpc) is 2.89.